The molecule has 0 saturated carbocycles. The lowest BCUT2D eigenvalue weighted by molar-refractivity contribution is -0.137. The van der Waals surface area contributed by atoms with E-state index < -0.39 is 23.5 Å². The maximum Gasteiger partial charge on any atom is 0.416 e. The number of imidazole rings is 2. The normalized spacial score (nSPS) is 12.0. The molecule has 6 nitrogen and oxygen atoms in total. The van der Waals surface area contributed by atoms with Crippen LogP contribution in [0.4, 0.5) is 23.5 Å². The Bertz CT molecular complexity index is 1670. The molecular weight excluding hydrogens is 521 g/mol. The zero-order chi connectivity index (χ0) is 25.9. The number of aryl methyl sites for hydroxylation is 1. The number of benzene rings is 3. The van der Waals surface area contributed by atoms with Gasteiger partial charge in [0.1, 0.15) is 17.2 Å². The van der Waals surface area contributed by atoms with Crippen molar-refractivity contribution < 1.29 is 22.4 Å². The van der Waals surface area contributed by atoms with E-state index in [0.717, 1.165) is 12.1 Å². The number of fused-ring (bicyclic) bond motifs is 2. The molecule has 0 unspecified atom stereocenters. The van der Waals surface area contributed by atoms with Crippen LogP contribution in [0.15, 0.2) is 42.5 Å². The third-order valence-electron chi connectivity index (χ3n) is 5.84. The number of alkyl halides is 3. The van der Waals surface area contributed by atoms with Gasteiger partial charge in [-0.2, -0.15) is 13.2 Å². The van der Waals surface area contributed by atoms with Crippen LogP contribution in [0.3, 0.4) is 0 Å². The summed E-state index contributed by atoms with van der Waals surface area (Å²) in [5.74, 6) is -0.982. The van der Waals surface area contributed by atoms with Gasteiger partial charge in [-0.1, -0.05) is 29.3 Å². The van der Waals surface area contributed by atoms with Crippen LogP contribution in [-0.2, 0) is 13.2 Å². The number of amides is 1. The fourth-order valence-corrected chi connectivity index (χ4v) is 4.44. The zero-order valence-electron chi connectivity index (χ0n) is 18.6. The van der Waals surface area contributed by atoms with Crippen molar-refractivity contribution in [2.45, 2.75) is 13.1 Å². The number of aromatic amines is 1. The Hall–Kier alpha value is -3.63. The highest BCUT2D eigenvalue weighted by Crippen LogP contribution is 2.35. The molecule has 2 heterocycles. The van der Waals surface area contributed by atoms with Crippen LogP contribution in [-0.4, -0.2) is 25.4 Å². The number of rotatable bonds is 3. The van der Waals surface area contributed by atoms with Crippen LogP contribution >= 0.6 is 23.2 Å². The van der Waals surface area contributed by atoms with Crippen molar-refractivity contribution in [2.75, 3.05) is 5.32 Å². The number of halogens is 6. The maximum absolute atomic E-state index is 14.4. The predicted molar refractivity (Wildman–Crippen MR) is 130 cm³/mol. The third kappa shape index (κ3) is 3.96. The smallest absolute Gasteiger partial charge is 0.338 e. The molecule has 0 fully saturated rings. The van der Waals surface area contributed by atoms with Gasteiger partial charge in [-0.05, 0) is 48.9 Å². The van der Waals surface area contributed by atoms with E-state index in [2.05, 4.69) is 20.3 Å². The van der Waals surface area contributed by atoms with Crippen LogP contribution in [0.25, 0.3) is 33.5 Å². The molecule has 0 bridgehead atoms. The fraction of sp³-hybridized carbons (Fsp3) is 0.125. The second kappa shape index (κ2) is 8.49. The first-order chi connectivity index (χ1) is 17.0. The molecular formula is C24H15Cl2F4N5O. The molecule has 0 radical (unpaired) electrons. The lowest BCUT2D eigenvalue weighted by atomic mass is 10.1. The van der Waals surface area contributed by atoms with E-state index in [4.69, 9.17) is 23.2 Å². The van der Waals surface area contributed by atoms with Gasteiger partial charge in [0.2, 0.25) is 5.95 Å². The van der Waals surface area contributed by atoms with Crippen molar-refractivity contribution in [3.8, 4) is 11.4 Å². The van der Waals surface area contributed by atoms with Gasteiger partial charge in [0.15, 0.2) is 0 Å². The first-order valence-electron chi connectivity index (χ1n) is 10.4. The van der Waals surface area contributed by atoms with E-state index >= 15 is 0 Å². The summed E-state index contributed by atoms with van der Waals surface area (Å²) in [6.45, 7) is 1.62. The second-order valence-corrected chi connectivity index (χ2v) is 8.88. The molecule has 0 aliphatic carbocycles. The van der Waals surface area contributed by atoms with Gasteiger partial charge in [0.25, 0.3) is 5.91 Å². The number of aromatic nitrogens is 4. The molecule has 0 saturated heterocycles. The Labute approximate surface area is 210 Å². The number of carbonyl (C=O) groups is 1. The second-order valence-electron chi connectivity index (χ2n) is 8.09. The summed E-state index contributed by atoms with van der Waals surface area (Å²) in [6, 6.07) is 8.89. The summed E-state index contributed by atoms with van der Waals surface area (Å²) < 4.78 is 55.1. The van der Waals surface area contributed by atoms with E-state index in [1.165, 1.54) is 34.9 Å². The molecule has 0 aliphatic rings. The summed E-state index contributed by atoms with van der Waals surface area (Å²) in [5, 5.41) is 2.94. The van der Waals surface area contributed by atoms with E-state index in [0.29, 0.717) is 22.1 Å². The highest BCUT2D eigenvalue weighted by Gasteiger charge is 2.31. The Morgan fingerprint density at radius 1 is 1.11 bits per heavy atom. The molecule has 1 amide bonds. The van der Waals surface area contributed by atoms with Crippen LogP contribution in [0.1, 0.15) is 21.5 Å². The van der Waals surface area contributed by atoms with Gasteiger partial charge in [-0.25, -0.2) is 14.4 Å². The van der Waals surface area contributed by atoms with Gasteiger partial charge in [-0.15, -0.1) is 0 Å². The largest absolute Gasteiger partial charge is 0.416 e. The number of H-pyrrole nitrogens is 1. The Morgan fingerprint density at radius 2 is 1.86 bits per heavy atom. The molecule has 2 aromatic heterocycles. The van der Waals surface area contributed by atoms with Crippen molar-refractivity contribution in [3.63, 3.8) is 0 Å². The number of nitrogens with zero attached hydrogens (tertiary/aromatic N) is 3. The maximum atomic E-state index is 14.4. The fourth-order valence-electron chi connectivity index (χ4n) is 3.94. The Balaban J connectivity index is 1.53. The van der Waals surface area contributed by atoms with E-state index in [1.54, 1.807) is 14.0 Å². The first-order valence-corrected chi connectivity index (χ1v) is 11.2. The standard InChI is InChI=1S/C24H15Cl2F4N5O/c1-10-12(9-16-20(19(10)26)33-21(31-16)18-13(25)4-3-5-14(18)27)22(36)34-23-32-15-8-11(24(28,29)30)6-7-17(15)35(23)2/h3-9H,1-2H3,(H,31,33)(H,32,34,36). The van der Waals surface area contributed by atoms with Crippen molar-refractivity contribution in [1.29, 1.82) is 0 Å². The SMILES string of the molecule is Cc1c(C(=O)Nc2nc3cc(C(F)(F)F)ccc3n2C)cc2[nH]c(-c3c(F)cccc3Cl)nc2c1Cl. The predicted octanol–water partition coefficient (Wildman–Crippen LogP) is 7.14. The number of carbonyl (C=O) groups excluding carboxylic acids is 1. The van der Waals surface area contributed by atoms with E-state index in [9.17, 15) is 22.4 Å². The van der Waals surface area contributed by atoms with E-state index in [1.807, 2.05) is 0 Å². The summed E-state index contributed by atoms with van der Waals surface area (Å²) in [4.78, 5) is 24.6. The molecule has 12 heteroatoms. The molecule has 0 spiro atoms. The topological polar surface area (TPSA) is 75.6 Å². The van der Waals surface area contributed by atoms with Crippen LogP contribution in [0, 0.1) is 12.7 Å². The zero-order valence-corrected chi connectivity index (χ0v) is 20.1. The number of anilines is 1. The molecule has 184 valence electrons. The average molecular weight is 536 g/mol. The summed E-state index contributed by atoms with van der Waals surface area (Å²) in [7, 11) is 1.57. The molecule has 5 rings (SSSR count). The summed E-state index contributed by atoms with van der Waals surface area (Å²) >= 11 is 12.6. The van der Waals surface area contributed by atoms with Gasteiger partial charge < -0.3 is 9.55 Å². The monoisotopic (exact) mass is 535 g/mol. The summed E-state index contributed by atoms with van der Waals surface area (Å²) in [5.41, 5.74) is 0.962. The lowest BCUT2D eigenvalue weighted by Gasteiger charge is -2.09. The highest BCUT2D eigenvalue weighted by atomic mass is 35.5. The summed E-state index contributed by atoms with van der Waals surface area (Å²) in [6.07, 6.45) is -4.52. The van der Waals surface area contributed by atoms with Crippen LogP contribution in [0.5, 0.6) is 0 Å². The quantitative estimate of drug-likeness (QED) is 0.241. The molecule has 2 N–H and O–H groups in total. The minimum absolute atomic E-state index is 0.0494. The Kier molecular flexibility index (Phi) is 5.68. The minimum atomic E-state index is -4.52. The Morgan fingerprint density at radius 3 is 2.56 bits per heavy atom. The van der Waals surface area contributed by atoms with Crippen LogP contribution < -0.4 is 5.32 Å². The van der Waals surface area contributed by atoms with Gasteiger partial charge in [-0.3, -0.25) is 10.1 Å². The highest BCUT2D eigenvalue weighted by molar-refractivity contribution is 6.36. The average Bonchev–Trinajstić information content (AvgIpc) is 3.36. The van der Waals surface area contributed by atoms with E-state index in [-0.39, 0.29) is 38.5 Å². The lowest BCUT2D eigenvalue weighted by Crippen LogP contribution is -2.16. The minimum Gasteiger partial charge on any atom is -0.338 e. The first kappa shape index (κ1) is 24.1. The molecule has 0 atom stereocenters. The molecule has 0 aliphatic heterocycles. The van der Waals surface area contributed by atoms with Crippen molar-refractivity contribution in [3.05, 3.63) is 75.0 Å². The van der Waals surface area contributed by atoms with Crippen molar-refractivity contribution >= 4 is 57.1 Å². The van der Waals surface area contributed by atoms with Crippen molar-refractivity contribution in [1.82, 2.24) is 19.5 Å². The van der Waals surface area contributed by atoms with Gasteiger partial charge in [0.05, 0.1) is 37.7 Å². The van der Waals surface area contributed by atoms with Crippen molar-refractivity contribution in [2.24, 2.45) is 7.05 Å². The molecule has 36 heavy (non-hydrogen) atoms. The molecule has 3 aromatic carbocycles. The van der Waals surface area contributed by atoms with Crippen LogP contribution in [0.2, 0.25) is 10.0 Å². The third-order valence-corrected chi connectivity index (χ3v) is 6.62. The number of hydrogen-bond acceptors (Lipinski definition) is 3. The number of nitrogens with one attached hydrogen (secondary N) is 2. The molecule has 5 aromatic rings. The van der Waals surface area contributed by atoms with Gasteiger partial charge >= 0.3 is 6.18 Å². The van der Waals surface area contributed by atoms with Gasteiger partial charge in [0, 0.05) is 12.6 Å². The number of hydrogen-bond donors (Lipinski definition) is 2.